The van der Waals surface area contributed by atoms with Crippen LogP contribution in [0.4, 0.5) is 0 Å². The summed E-state index contributed by atoms with van der Waals surface area (Å²) < 4.78 is 12.4. The smallest absolute Gasteiger partial charge is 0.0564 e. The summed E-state index contributed by atoms with van der Waals surface area (Å²) in [5.74, 6) is 0.350. The number of fused-ring (bicyclic) bond motifs is 1. The summed E-state index contributed by atoms with van der Waals surface area (Å²) in [4.78, 5) is 0.943. The van der Waals surface area contributed by atoms with E-state index >= 15 is 0 Å². The molecule has 0 radical (unpaired) electrons. The largest absolute Gasteiger partial charge is 0.310 e. The lowest BCUT2D eigenvalue weighted by molar-refractivity contribution is 0.367. The van der Waals surface area contributed by atoms with Crippen molar-refractivity contribution in [1.29, 1.82) is 0 Å². The third-order valence-electron chi connectivity index (χ3n) is 3.74. The summed E-state index contributed by atoms with van der Waals surface area (Å²) in [6, 6.07) is 5.96. The van der Waals surface area contributed by atoms with E-state index in [1.807, 2.05) is 18.2 Å². The van der Waals surface area contributed by atoms with Crippen LogP contribution < -0.4 is 5.32 Å². The van der Waals surface area contributed by atoms with Crippen LogP contribution >= 0.6 is 11.6 Å². The third kappa shape index (κ3) is 2.49. The summed E-state index contributed by atoms with van der Waals surface area (Å²) in [7, 11) is -0.923. The van der Waals surface area contributed by atoms with Gasteiger partial charge in [0.25, 0.3) is 0 Å². The normalized spacial score (nSPS) is 31.1. The predicted molar refractivity (Wildman–Crippen MR) is 77.5 cm³/mol. The molecule has 1 aromatic rings. The van der Waals surface area contributed by atoms with Gasteiger partial charge in [-0.15, -0.1) is 0 Å². The molecule has 2 nitrogen and oxygen atoms in total. The molecule has 0 aliphatic carbocycles. The Kier molecular flexibility index (Phi) is 4.46. The molecular formula is C14H20ClNOS. The van der Waals surface area contributed by atoms with Gasteiger partial charge in [0.2, 0.25) is 0 Å². The number of halogens is 1. The van der Waals surface area contributed by atoms with Gasteiger partial charge >= 0.3 is 0 Å². The maximum Gasteiger partial charge on any atom is 0.0564 e. The van der Waals surface area contributed by atoms with E-state index < -0.39 is 10.8 Å². The van der Waals surface area contributed by atoms with Gasteiger partial charge in [-0.25, -0.2) is 0 Å². The van der Waals surface area contributed by atoms with Gasteiger partial charge in [-0.05, 0) is 42.6 Å². The van der Waals surface area contributed by atoms with E-state index in [9.17, 15) is 4.21 Å². The molecule has 100 valence electrons. The second-order valence-corrected chi connectivity index (χ2v) is 7.19. The molecule has 0 saturated carbocycles. The second-order valence-electron chi connectivity index (χ2n) is 4.98. The first-order chi connectivity index (χ1) is 8.56. The number of nitrogens with one attached hydrogen (secondary N) is 1. The minimum atomic E-state index is -0.923. The highest BCUT2D eigenvalue weighted by Gasteiger charge is 2.36. The van der Waals surface area contributed by atoms with Gasteiger partial charge in [0, 0.05) is 21.2 Å². The van der Waals surface area contributed by atoms with Crippen LogP contribution in [0.2, 0.25) is 5.02 Å². The zero-order valence-electron chi connectivity index (χ0n) is 11.1. The van der Waals surface area contributed by atoms with E-state index in [2.05, 4.69) is 26.1 Å². The Morgan fingerprint density at radius 1 is 1.39 bits per heavy atom. The Labute approximate surface area is 117 Å². The Hall–Kier alpha value is -0.380. The fraction of sp³-hybridized carbons (Fsp3) is 0.571. The van der Waals surface area contributed by atoms with Crippen LogP contribution in [-0.4, -0.2) is 16.0 Å². The van der Waals surface area contributed by atoms with E-state index in [0.717, 1.165) is 28.4 Å². The van der Waals surface area contributed by atoms with Crippen LogP contribution in [0.3, 0.4) is 0 Å². The van der Waals surface area contributed by atoms with Crippen LogP contribution in [0.15, 0.2) is 23.1 Å². The summed E-state index contributed by atoms with van der Waals surface area (Å²) in [6.45, 7) is 7.36. The molecule has 1 aromatic carbocycles. The Morgan fingerprint density at radius 2 is 2.11 bits per heavy atom. The number of hydrogen-bond acceptors (Lipinski definition) is 2. The standard InChI is InChI=1S/C14H20ClNOS/c1-4-7-16-14-9(2)10(3)18(17)13-6-5-11(15)8-12(13)14/h5-6,8-10,14,16H,4,7H2,1-3H3. The molecule has 18 heavy (non-hydrogen) atoms. The zero-order valence-corrected chi connectivity index (χ0v) is 12.6. The lowest BCUT2D eigenvalue weighted by atomic mass is 9.91. The van der Waals surface area contributed by atoms with Crippen molar-refractivity contribution in [2.45, 2.75) is 43.4 Å². The highest BCUT2D eigenvalue weighted by Crippen LogP contribution is 2.39. The fourth-order valence-electron chi connectivity index (χ4n) is 2.49. The monoisotopic (exact) mass is 285 g/mol. The lowest BCUT2D eigenvalue weighted by Crippen LogP contribution is -2.39. The van der Waals surface area contributed by atoms with Crippen molar-refractivity contribution in [1.82, 2.24) is 5.32 Å². The van der Waals surface area contributed by atoms with Crippen LogP contribution in [0.5, 0.6) is 0 Å². The SMILES string of the molecule is CCCNC1c2cc(Cl)ccc2S(=O)C(C)C1C. The molecule has 4 heteroatoms. The quantitative estimate of drug-likeness (QED) is 0.920. The van der Waals surface area contributed by atoms with Crippen LogP contribution in [0, 0.1) is 5.92 Å². The van der Waals surface area contributed by atoms with Gasteiger partial charge in [-0.1, -0.05) is 32.4 Å². The first-order valence-electron chi connectivity index (χ1n) is 6.49. The van der Waals surface area contributed by atoms with Gasteiger partial charge in [0.1, 0.15) is 0 Å². The molecule has 1 aliphatic rings. The van der Waals surface area contributed by atoms with Crippen molar-refractivity contribution in [2.75, 3.05) is 6.54 Å². The topological polar surface area (TPSA) is 29.1 Å². The Balaban J connectivity index is 2.44. The molecule has 0 spiro atoms. The fourth-order valence-corrected chi connectivity index (χ4v) is 4.24. The van der Waals surface area contributed by atoms with Crippen molar-refractivity contribution >= 4 is 22.4 Å². The van der Waals surface area contributed by atoms with E-state index in [0.29, 0.717) is 5.92 Å². The Bertz CT molecular complexity index is 463. The van der Waals surface area contributed by atoms with Gasteiger partial charge < -0.3 is 5.32 Å². The van der Waals surface area contributed by atoms with Gasteiger partial charge in [-0.2, -0.15) is 0 Å². The molecule has 4 unspecified atom stereocenters. The molecule has 4 atom stereocenters. The van der Waals surface area contributed by atoms with Crippen molar-refractivity contribution in [3.05, 3.63) is 28.8 Å². The number of rotatable bonds is 3. The zero-order chi connectivity index (χ0) is 13.3. The van der Waals surface area contributed by atoms with Gasteiger partial charge in [0.15, 0.2) is 0 Å². The van der Waals surface area contributed by atoms with Crippen LogP contribution in [0.1, 0.15) is 38.8 Å². The highest BCUT2D eigenvalue weighted by molar-refractivity contribution is 7.85. The molecule has 0 bridgehead atoms. The first kappa shape index (κ1) is 14.0. The average molecular weight is 286 g/mol. The molecule has 0 amide bonds. The van der Waals surface area contributed by atoms with Crippen molar-refractivity contribution < 1.29 is 4.21 Å². The summed E-state index contributed by atoms with van der Waals surface area (Å²) in [5.41, 5.74) is 1.11. The molecule has 1 aliphatic heterocycles. The minimum absolute atomic E-state index is 0.174. The lowest BCUT2D eigenvalue weighted by Gasteiger charge is -2.36. The molecule has 1 heterocycles. The molecule has 1 N–H and O–H groups in total. The Morgan fingerprint density at radius 3 is 2.78 bits per heavy atom. The highest BCUT2D eigenvalue weighted by atomic mass is 35.5. The molecule has 0 aromatic heterocycles. The van der Waals surface area contributed by atoms with E-state index in [4.69, 9.17) is 11.6 Å². The van der Waals surface area contributed by atoms with Gasteiger partial charge in [0.05, 0.1) is 10.8 Å². The second kappa shape index (κ2) is 5.72. The average Bonchev–Trinajstić information content (AvgIpc) is 2.36. The maximum absolute atomic E-state index is 12.4. The summed E-state index contributed by atoms with van der Waals surface area (Å²) in [6.07, 6.45) is 1.09. The van der Waals surface area contributed by atoms with Gasteiger partial charge in [-0.3, -0.25) is 4.21 Å². The van der Waals surface area contributed by atoms with Crippen LogP contribution in [-0.2, 0) is 10.8 Å². The summed E-state index contributed by atoms with van der Waals surface area (Å²) in [5, 5.41) is 4.45. The number of benzene rings is 1. The first-order valence-corrected chi connectivity index (χ1v) is 8.08. The molecule has 0 saturated heterocycles. The van der Waals surface area contributed by atoms with Crippen LogP contribution in [0.25, 0.3) is 0 Å². The molecule has 2 rings (SSSR count). The van der Waals surface area contributed by atoms with E-state index in [1.54, 1.807) is 0 Å². The summed E-state index contributed by atoms with van der Waals surface area (Å²) >= 11 is 6.08. The molecule has 0 fully saturated rings. The van der Waals surface area contributed by atoms with Crippen molar-refractivity contribution in [3.63, 3.8) is 0 Å². The molecular weight excluding hydrogens is 266 g/mol. The maximum atomic E-state index is 12.4. The third-order valence-corrected chi connectivity index (χ3v) is 5.89. The van der Waals surface area contributed by atoms with Crippen molar-refractivity contribution in [2.24, 2.45) is 5.92 Å². The van der Waals surface area contributed by atoms with E-state index in [-0.39, 0.29) is 11.3 Å². The minimum Gasteiger partial charge on any atom is -0.310 e. The number of hydrogen-bond donors (Lipinski definition) is 1. The van der Waals surface area contributed by atoms with Crippen molar-refractivity contribution in [3.8, 4) is 0 Å². The van der Waals surface area contributed by atoms with E-state index in [1.165, 1.54) is 0 Å². The predicted octanol–water partition coefficient (Wildman–Crippen LogP) is 3.53.